The Bertz CT molecular complexity index is 759. The number of rotatable bonds is 12. The first kappa shape index (κ1) is 22.3. The molecule has 0 radical (unpaired) electrons. The van der Waals surface area contributed by atoms with Gasteiger partial charge in [0.2, 0.25) is 0 Å². The Morgan fingerprint density at radius 3 is 2.43 bits per heavy atom. The van der Waals surface area contributed by atoms with E-state index in [-0.39, 0.29) is 12.6 Å². The van der Waals surface area contributed by atoms with E-state index in [9.17, 15) is 4.79 Å². The van der Waals surface area contributed by atoms with E-state index < -0.39 is 5.97 Å². The number of likely N-dealkylation sites (tertiary alicyclic amines) is 1. The molecule has 0 aromatic heterocycles. The third-order valence-electron chi connectivity index (χ3n) is 5.55. The average molecular weight is 412 g/mol. The van der Waals surface area contributed by atoms with Crippen LogP contribution >= 0.6 is 0 Å². The van der Waals surface area contributed by atoms with Crippen LogP contribution in [0.15, 0.2) is 54.6 Å². The molecule has 1 N–H and O–H groups in total. The molecule has 0 aliphatic carbocycles. The van der Waals surface area contributed by atoms with Crippen molar-refractivity contribution in [1.29, 1.82) is 0 Å². The van der Waals surface area contributed by atoms with E-state index in [1.165, 1.54) is 17.5 Å². The number of benzene rings is 2. The normalized spacial score (nSPS) is 15.6. The van der Waals surface area contributed by atoms with Crippen molar-refractivity contribution in [2.24, 2.45) is 0 Å². The molecule has 1 atom stereocenters. The monoisotopic (exact) mass is 411 g/mol. The summed E-state index contributed by atoms with van der Waals surface area (Å²) in [4.78, 5) is 13.3. The van der Waals surface area contributed by atoms with E-state index in [1.807, 2.05) is 24.3 Å². The van der Waals surface area contributed by atoms with Crippen molar-refractivity contribution in [3.63, 3.8) is 0 Å². The molecule has 0 saturated carbocycles. The van der Waals surface area contributed by atoms with Crippen LogP contribution in [0.4, 0.5) is 0 Å². The number of aliphatic carboxylic acids is 1. The summed E-state index contributed by atoms with van der Waals surface area (Å²) in [6.07, 6.45) is 5.95. The number of para-hydroxylation sites is 1. The van der Waals surface area contributed by atoms with E-state index in [0.29, 0.717) is 19.6 Å². The van der Waals surface area contributed by atoms with E-state index in [0.717, 1.165) is 44.5 Å². The van der Waals surface area contributed by atoms with Crippen LogP contribution in [-0.4, -0.2) is 48.5 Å². The maximum Gasteiger partial charge on any atom is 0.303 e. The molecule has 162 valence electrons. The Hall–Kier alpha value is -2.37. The summed E-state index contributed by atoms with van der Waals surface area (Å²) in [6, 6.07) is 18.6. The van der Waals surface area contributed by atoms with Crippen LogP contribution in [0.2, 0.25) is 0 Å². The Morgan fingerprint density at radius 2 is 1.67 bits per heavy atom. The van der Waals surface area contributed by atoms with Crippen LogP contribution in [0.5, 0.6) is 5.75 Å². The topological polar surface area (TPSA) is 59.0 Å². The average Bonchev–Trinajstić information content (AvgIpc) is 2.79. The van der Waals surface area contributed by atoms with Gasteiger partial charge in [0.05, 0.1) is 6.61 Å². The van der Waals surface area contributed by atoms with Gasteiger partial charge in [-0.1, -0.05) is 55.0 Å². The molecule has 1 saturated heterocycles. The van der Waals surface area contributed by atoms with Gasteiger partial charge in [-0.15, -0.1) is 0 Å². The molecule has 2 aromatic carbocycles. The lowest BCUT2D eigenvalue weighted by Crippen LogP contribution is -2.41. The first-order valence-corrected chi connectivity index (χ1v) is 11.0. The Labute approximate surface area is 179 Å². The van der Waals surface area contributed by atoms with Gasteiger partial charge in [-0.25, -0.2) is 0 Å². The number of carbonyl (C=O) groups is 1. The molecule has 0 bridgehead atoms. The van der Waals surface area contributed by atoms with Crippen LogP contribution in [0, 0.1) is 0 Å². The highest BCUT2D eigenvalue weighted by Gasteiger charge is 2.22. The number of nitrogens with zero attached hydrogens (tertiary/aromatic N) is 1. The van der Waals surface area contributed by atoms with Gasteiger partial charge in [0.25, 0.3) is 0 Å². The van der Waals surface area contributed by atoms with Crippen molar-refractivity contribution < 1.29 is 19.4 Å². The number of piperidine rings is 1. The minimum atomic E-state index is -0.774. The second-order valence-corrected chi connectivity index (χ2v) is 7.80. The second-order valence-electron chi connectivity index (χ2n) is 7.80. The third-order valence-corrected chi connectivity index (χ3v) is 5.55. The Balaban J connectivity index is 1.47. The van der Waals surface area contributed by atoms with Gasteiger partial charge in [0.1, 0.15) is 18.6 Å². The maximum absolute atomic E-state index is 11.0. The number of carboxylic acid groups (broad SMARTS) is 1. The number of ether oxygens (including phenoxy) is 2. The molecule has 1 heterocycles. The van der Waals surface area contributed by atoms with Crippen molar-refractivity contribution in [3.05, 3.63) is 65.7 Å². The van der Waals surface area contributed by atoms with Crippen molar-refractivity contribution >= 4 is 5.97 Å². The number of hydrogen-bond acceptors (Lipinski definition) is 4. The highest BCUT2D eigenvalue weighted by molar-refractivity contribution is 5.66. The van der Waals surface area contributed by atoms with Gasteiger partial charge in [-0.3, -0.25) is 9.69 Å². The van der Waals surface area contributed by atoms with Crippen molar-refractivity contribution in [2.45, 2.75) is 51.2 Å². The Morgan fingerprint density at radius 1 is 0.933 bits per heavy atom. The summed E-state index contributed by atoms with van der Waals surface area (Å²) in [5.74, 6) is 0.126. The molecule has 1 fully saturated rings. The number of aryl methyl sites for hydroxylation is 2. The minimum Gasteiger partial charge on any atom is -0.491 e. The zero-order valence-corrected chi connectivity index (χ0v) is 17.7. The summed E-state index contributed by atoms with van der Waals surface area (Å²) in [5, 5.41) is 9.05. The van der Waals surface area contributed by atoms with Crippen LogP contribution in [0.25, 0.3) is 0 Å². The SMILES string of the molecule is O=C(O)CCC(OCCOc1ccccc1CCc1ccccc1)N1CCCCC1. The summed E-state index contributed by atoms with van der Waals surface area (Å²) in [7, 11) is 0. The summed E-state index contributed by atoms with van der Waals surface area (Å²) >= 11 is 0. The van der Waals surface area contributed by atoms with Crippen LogP contribution < -0.4 is 4.74 Å². The Kier molecular flexibility index (Phi) is 9.19. The number of hydrogen-bond donors (Lipinski definition) is 1. The molecule has 1 unspecified atom stereocenters. The molecule has 0 amide bonds. The van der Waals surface area contributed by atoms with Crippen molar-refractivity contribution in [1.82, 2.24) is 4.90 Å². The van der Waals surface area contributed by atoms with Crippen molar-refractivity contribution in [3.8, 4) is 5.75 Å². The molecule has 1 aliphatic rings. The van der Waals surface area contributed by atoms with Gasteiger partial charge in [0.15, 0.2) is 0 Å². The van der Waals surface area contributed by atoms with Crippen molar-refractivity contribution in [2.75, 3.05) is 26.3 Å². The molecular formula is C25H33NO4. The fraction of sp³-hybridized carbons (Fsp3) is 0.480. The minimum absolute atomic E-state index is 0.129. The molecule has 3 rings (SSSR count). The zero-order chi connectivity index (χ0) is 21.0. The quantitative estimate of drug-likeness (QED) is 0.520. The second kappa shape index (κ2) is 12.4. The predicted octanol–water partition coefficient (Wildman–Crippen LogP) is 4.54. The third kappa shape index (κ3) is 7.47. The lowest BCUT2D eigenvalue weighted by Gasteiger charge is -2.34. The van der Waals surface area contributed by atoms with Gasteiger partial charge in [-0.2, -0.15) is 0 Å². The lowest BCUT2D eigenvalue weighted by atomic mass is 10.0. The fourth-order valence-electron chi connectivity index (χ4n) is 3.94. The summed E-state index contributed by atoms with van der Waals surface area (Å²) in [5.41, 5.74) is 2.51. The number of carboxylic acids is 1. The van der Waals surface area contributed by atoms with Gasteiger partial charge in [-0.05, 0) is 49.3 Å². The van der Waals surface area contributed by atoms with Gasteiger partial charge in [0, 0.05) is 19.5 Å². The highest BCUT2D eigenvalue weighted by atomic mass is 16.5. The molecular weight excluding hydrogens is 378 g/mol. The maximum atomic E-state index is 11.0. The predicted molar refractivity (Wildman–Crippen MR) is 118 cm³/mol. The van der Waals surface area contributed by atoms with E-state index in [1.54, 1.807) is 0 Å². The largest absolute Gasteiger partial charge is 0.491 e. The standard InChI is InChI=1S/C25H33NO4/c27-25(28)16-15-24(26-17-7-2-8-18-26)30-20-19-29-23-12-6-5-11-22(23)14-13-21-9-3-1-4-10-21/h1,3-6,9-12,24H,2,7-8,13-20H2,(H,27,28). The summed E-state index contributed by atoms with van der Waals surface area (Å²) < 4.78 is 12.1. The van der Waals surface area contributed by atoms with Gasteiger partial charge >= 0.3 is 5.97 Å². The molecule has 5 nitrogen and oxygen atoms in total. The van der Waals surface area contributed by atoms with E-state index in [2.05, 4.69) is 35.2 Å². The summed E-state index contributed by atoms with van der Waals surface area (Å²) in [6.45, 7) is 2.87. The first-order valence-electron chi connectivity index (χ1n) is 11.0. The zero-order valence-electron chi connectivity index (χ0n) is 17.7. The first-order chi connectivity index (χ1) is 14.7. The molecule has 30 heavy (non-hydrogen) atoms. The van der Waals surface area contributed by atoms with Crippen LogP contribution in [0.1, 0.15) is 43.2 Å². The molecule has 5 heteroatoms. The van der Waals surface area contributed by atoms with Crippen LogP contribution in [0.3, 0.4) is 0 Å². The van der Waals surface area contributed by atoms with Gasteiger partial charge < -0.3 is 14.6 Å². The molecule has 0 spiro atoms. The lowest BCUT2D eigenvalue weighted by molar-refractivity contribution is -0.139. The molecule has 2 aromatic rings. The highest BCUT2D eigenvalue weighted by Crippen LogP contribution is 2.21. The van der Waals surface area contributed by atoms with E-state index >= 15 is 0 Å². The smallest absolute Gasteiger partial charge is 0.303 e. The van der Waals surface area contributed by atoms with Crippen LogP contribution in [-0.2, 0) is 22.4 Å². The fourth-order valence-corrected chi connectivity index (χ4v) is 3.94. The van der Waals surface area contributed by atoms with E-state index in [4.69, 9.17) is 14.6 Å². The molecule has 1 aliphatic heterocycles.